The van der Waals surface area contributed by atoms with Crippen molar-refractivity contribution in [1.29, 1.82) is 0 Å². The van der Waals surface area contributed by atoms with Crippen LogP contribution in [0.25, 0.3) is 5.82 Å². The zero-order valence-electron chi connectivity index (χ0n) is 16.7. The molecule has 0 saturated carbocycles. The van der Waals surface area contributed by atoms with E-state index in [4.69, 9.17) is 4.74 Å². The fraction of sp³-hybridized carbons (Fsp3) is 0.286. The monoisotopic (exact) mass is 418 g/mol. The van der Waals surface area contributed by atoms with Crippen molar-refractivity contribution >= 4 is 5.91 Å². The van der Waals surface area contributed by atoms with Gasteiger partial charge in [0, 0.05) is 6.20 Å². The molecule has 2 aromatic heterocycles. The zero-order chi connectivity index (χ0) is 21.9. The second-order valence-electron chi connectivity index (χ2n) is 6.67. The van der Waals surface area contributed by atoms with Crippen LogP contribution in [0.4, 0.5) is 13.2 Å². The Kier molecular flexibility index (Phi) is 6.09. The molecule has 1 aromatic carbocycles. The Bertz CT molecular complexity index is 1010. The Morgan fingerprint density at radius 1 is 1.17 bits per heavy atom. The quantitative estimate of drug-likeness (QED) is 0.641. The number of rotatable bonds is 6. The summed E-state index contributed by atoms with van der Waals surface area (Å²) in [6.07, 6.45) is -1.67. The SMILES string of the molecule is CCC(NC(=O)c1cnn(-c2ccc(C(F)(F)F)cn2)c1C)c1ccc(OC)cc1. The van der Waals surface area contributed by atoms with Gasteiger partial charge in [-0.1, -0.05) is 19.1 Å². The van der Waals surface area contributed by atoms with Gasteiger partial charge in [-0.3, -0.25) is 4.79 Å². The Labute approximate surface area is 171 Å². The standard InChI is InChI=1S/C21H21F3N4O2/c1-4-18(14-5-8-16(30-3)9-6-14)27-20(29)17-12-26-28(13(17)2)19-10-7-15(11-25-19)21(22,23)24/h5-12,18H,4H2,1-3H3,(H,27,29). The van der Waals surface area contributed by atoms with Crippen LogP contribution in [0.3, 0.4) is 0 Å². The molecule has 0 bridgehead atoms. The maximum absolute atomic E-state index is 12.8. The van der Waals surface area contributed by atoms with Crippen LogP contribution in [-0.4, -0.2) is 27.8 Å². The number of pyridine rings is 1. The number of hydrogen-bond donors (Lipinski definition) is 1. The van der Waals surface area contributed by atoms with Gasteiger partial charge in [0.05, 0.1) is 36.2 Å². The van der Waals surface area contributed by atoms with Gasteiger partial charge in [0.15, 0.2) is 5.82 Å². The van der Waals surface area contributed by atoms with E-state index >= 15 is 0 Å². The summed E-state index contributed by atoms with van der Waals surface area (Å²) in [4.78, 5) is 16.6. The van der Waals surface area contributed by atoms with Gasteiger partial charge in [0.2, 0.25) is 0 Å². The third kappa shape index (κ3) is 4.45. The van der Waals surface area contributed by atoms with Gasteiger partial charge in [-0.15, -0.1) is 0 Å². The third-order valence-corrected chi connectivity index (χ3v) is 4.78. The lowest BCUT2D eigenvalue weighted by Gasteiger charge is -2.17. The van der Waals surface area contributed by atoms with E-state index in [9.17, 15) is 18.0 Å². The Balaban J connectivity index is 1.79. The van der Waals surface area contributed by atoms with Crippen LogP contribution in [0.15, 0.2) is 48.8 Å². The summed E-state index contributed by atoms with van der Waals surface area (Å²) < 4.78 is 44.7. The number of aromatic nitrogens is 3. The lowest BCUT2D eigenvalue weighted by atomic mass is 10.0. The van der Waals surface area contributed by atoms with E-state index in [2.05, 4.69) is 15.4 Å². The number of halogens is 3. The van der Waals surface area contributed by atoms with Crippen molar-refractivity contribution in [1.82, 2.24) is 20.1 Å². The highest BCUT2D eigenvalue weighted by Crippen LogP contribution is 2.29. The first-order valence-corrected chi connectivity index (χ1v) is 9.27. The molecule has 3 rings (SSSR count). The predicted octanol–water partition coefficient (Wildman–Crippen LogP) is 4.48. The van der Waals surface area contributed by atoms with Gasteiger partial charge in [-0.25, -0.2) is 9.67 Å². The highest BCUT2D eigenvalue weighted by atomic mass is 19.4. The van der Waals surface area contributed by atoms with Crippen molar-refractivity contribution in [2.75, 3.05) is 7.11 Å². The number of methoxy groups -OCH3 is 1. The van der Waals surface area contributed by atoms with E-state index in [0.717, 1.165) is 23.6 Å². The first-order chi connectivity index (χ1) is 14.2. The summed E-state index contributed by atoms with van der Waals surface area (Å²) >= 11 is 0. The van der Waals surface area contributed by atoms with Crippen LogP contribution in [0.2, 0.25) is 0 Å². The van der Waals surface area contributed by atoms with E-state index in [-0.39, 0.29) is 17.8 Å². The second kappa shape index (κ2) is 8.56. The molecule has 6 nitrogen and oxygen atoms in total. The average molecular weight is 418 g/mol. The molecule has 0 aliphatic heterocycles. The van der Waals surface area contributed by atoms with Crippen molar-refractivity contribution < 1.29 is 22.7 Å². The van der Waals surface area contributed by atoms with Crippen LogP contribution in [-0.2, 0) is 6.18 Å². The summed E-state index contributed by atoms with van der Waals surface area (Å²) in [5, 5.41) is 7.09. The molecule has 0 aliphatic carbocycles. The lowest BCUT2D eigenvalue weighted by Crippen LogP contribution is -2.28. The largest absolute Gasteiger partial charge is 0.497 e. The molecule has 158 valence electrons. The molecule has 0 spiro atoms. The zero-order valence-corrected chi connectivity index (χ0v) is 16.7. The van der Waals surface area contributed by atoms with Crippen LogP contribution in [0.1, 0.15) is 46.6 Å². The van der Waals surface area contributed by atoms with Crippen LogP contribution < -0.4 is 10.1 Å². The van der Waals surface area contributed by atoms with Crippen molar-refractivity contribution in [2.45, 2.75) is 32.5 Å². The minimum absolute atomic E-state index is 0.196. The number of nitrogens with one attached hydrogen (secondary N) is 1. The maximum atomic E-state index is 12.8. The van der Waals surface area contributed by atoms with Gasteiger partial charge in [0.25, 0.3) is 5.91 Å². The van der Waals surface area contributed by atoms with Crippen molar-refractivity contribution in [3.63, 3.8) is 0 Å². The molecule has 0 radical (unpaired) electrons. The summed E-state index contributed by atoms with van der Waals surface area (Å²) in [5.41, 5.74) is 0.883. The number of carbonyl (C=O) groups is 1. The molecule has 1 amide bonds. The van der Waals surface area contributed by atoms with Crippen LogP contribution in [0.5, 0.6) is 5.75 Å². The topological polar surface area (TPSA) is 69.0 Å². The molecule has 0 fully saturated rings. The minimum atomic E-state index is -4.47. The smallest absolute Gasteiger partial charge is 0.417 e. The van der Waals surface area contributed by atoms with Crippen molar-refractivity contribution in [2.24, 2.45) is 0 Å². The molecule has 3 aromatic rings. The molecule has 1 N–H and O–H groups in total. The number of amides is 1. The maximum Gasteiger partial charge on any atom is 0.417 e. The molecule has 30 heavy (non-hydrogen) atoms. The number of ether oxygens (including phenoxy) is 1. The molecule has 1 unspecified atom stereocenters. The fourth-order valence-corrected chi connectivity index (χ4v) is 3.04. The van der Waals surface area contributed by atoms with Gasteiger partial charge < -0.3 is 10.1 Å². The molecular formula is C21H21F3N4O2. The summed E-state index contributed by atoms with van der Waals surface area (Å²) in [5.74, 6) is 0.594. The van der Waals surface area contributed by atoms with E-state index < -0.39 is 11.7 Å². The number of nitrogens with zero attached hydrogens (tertiary/aromatic N) is 3. The van der Waals surface area contributed by atoms with Crippen LogP contribution in [0, 0.1) is 6.92 Å². The first kappa shape index (κ1) is 21.4. The summed E-state index contributed by atoms with van der Waals surface area (Å²) in [6.45, 7) is 3.62. The molecule has 9 heteroatoms. The first-order valence-electron chi connectivity index (χ1n) is 9.27. The highest BCUT2D eigenvalue weighted by molar-refractivity contribution is 5.95. The molecular weight excluding hydrogens is 397 g/mol. The van der Waals surface area contributed by atoms with Gasteiger partial charge in [-0.05, 0) is 43.2 Å². The second-order valence-corrected chi connectivity index (χ2v) is 6.67. The molecule has 0 aliphatic rings. The fourth-order valence-electron chi connectivity index (χ4n) is 3.04. The molecule has 2 heterocycles. The van der Waals surface area contributed by atoms with Crippen molar-refractivity contribution in [3.8, 4) is 11.6 Å². The van der Waals surface area contributed by atoms with Crippen LogP contribution >= 0.6 is 0 Å². The lowest BCUT2D eigenvalue weighted by molar-refractivity contribution is -0.137. The van der Waals surface area contributed by atoms with Gasteiger partial charge in [0.1, 0.15) is 5.75 Å². The minimum Gasteiger partial charge on any atom is -0.497 e. The normalized spacial score (nSPS) is 12.5. The Morgan fingerprint density at radius 3 is 2.40 bits per heavy atom. The van der Waals surface area contributed by atoms with Crippen molar-refractivity contribution in [3.05, 3.63) is 71.2 Å². The van der Waals surface area contributed by atoms with Gasteiger partial charge in [-0.2, -0.15) is 18.3 Å². The number of carbonyl (C=O) groups excluding carboxylic acids is 1. The molecule has 0 saturated heterocycles. The number of alkyl halides is 3. The van der Waals surface area contributed by atoms with Gasteiger partial charge >= 0.3 is 6.18 Å². The number of hydrogen-bond acceptors (Lipinski definition) is 4. The molecule has 1 atom stereocenters. The predicted molar refractivity (Wildman–Crippen MR) is 105 cm³/mol. The van der Waals surface area contributed by atoms with E-state index in [1.165, 1.54) is 16.9 Å². The van der Waals surface area contributed by atoms with E-state index in [1.54, 1.807) is 14.0 Å². The highest BCUT2D eigenvalue weighted by Gasteiger charge is 2.31. The Hall–Kier alpha value is -3.36. The average Bonchev–Trinajstić information content (AvgIpc) is 3.13. The van der Waals surface area contributed by atoms with E-state index in [1.807, 2.05) is 31.2 Å². The third-order valence-electron chi connectivity index (χ3n) is 4.78. The van der Waals surface area contributed by atoms with E-state index in [0.29, 0.717) is 17.7 Å². The Morgan fingerprint density at radius 2 is 1.87 bits per heavy atom. The summed E-state index contributed by atoms with van der Waals surface area (Å²) in [6, 6.07) is 9.35. The number of benzene rings is 1. The summed E-state index contributed by atoms with van der Waals surface area (Å²) in [7, 11) is 1.58.